The van der Waals surface area contributed by atoms with E-state index in [0.29, 0.717) is 69.4 Å². The maximum absolute atomic E-state index is 13.5. The van der Waals surface area contributed by atoms with E-state index in [1.165, 1.54) is 24.4 Å². The number of hydrogen-bond acceptors (Lipinski definition) is 16. The van der Waals surface area contributed by atoms with Gasteiger partial charge in [0.1, 0.15) is 11.4 Å². The Bertz CT molecular complexity index is 4350. The number of aromatic nitrogens is 1. The van der Waals surface area contributed by atoms with Crippen molar-refractivity contribution in [2.24, 2.45) is 0 Å². The van der Waals surface area contributed by atoms with Gasteiger partial charge >= 0.3 is 10.6 Å². The lowest BCUT2D eigenvalue weighted by Crippen LogP contribution is -2.28. The Balaban J connectivity index is 0.00000234. The summed E-state index contributed by atoms with van der Waals surface area (Å²) in [6.45, 7) is 11.9. The summed E-state index contributed by atoms with van der Waals surface area (Å²) in [6, 6.07) is 21.0. The zero-order valence-corrected chi connectivity index (χ0v) is 49.4. The van der Waals surface area contributed by atoms with Crippen LogP contribution < -0.4 is 14.9 Å². The van der Waals surface area contributed by atoms with Crippen molar-refractivity contribution in [3.05, 3.63) is 155 Å². The van der Waals surface area contributed by atoms with Crippen molar-refractivity contribution in [1.82, 2.24) is 10.3 Å². The van der Waals surface area contributed by atoms with Crippen LogP contribution in [0.2, 0.25) is 0 Å². The second-order valence-electron chi connectivity index (χ2n) is 20.1. The van der Waals surface area contributed by atoms with Crippen LogP contribution in [0.3, 0.4) is 0 Å². The fraction of sp³-hybridized carbons (Fsp3) is 0.264. The van der Waals surface area contributed by atoms with E-state index in [-0.39, 0.29) is 40.7 Å². The molecule has 3 heterocycles. The first-order valence-corrected chi connectivity index (χ1v) is 32.6. The molecule has 0 radical (unpaired) electrons. The lowest BCUT2D eigenvalue weighted by Gasteiger charge is -2.27. The first-order valence-electron chi connectivity index (χ1n) is 24.6. The van der Waals surface area contributed by atoms with E-state index in [0.717, 1.165) is 28.4 Å². The van der Waals surface area contributed by atoms with E-state index in [1.54, 1.807) is 80.3 Å². The van der Waals surface area contributed by atoms with Crippen LogP contribution in [-0.4, -0.2) is 113 Å². The van der Waals surface area contributed by atoms with Gasteiger partial charge in [0.05, 0.1) is 32.2 Å². The number of amides is 1. The molecular formula is C53H55N5O18S6. The molecule has 0 bridgehead atoms. The third-order valence-electron chi connectivity index (χ3n) is 13.9. The van der Waals surface area contributed by atoms with Gasteiger partial charge in [0.15, 0.2) is 5.71 Å². The van der Waals surface area contributed by atoms with E-state index < -0.39 is 94.6 Å². The minimum atomic E-state index is -5.08. The van der Waals surface area contributed by atoms with Gasteiger partial charge in [-0.05, 0) is 133 Å². The normalized spacial score (nSPS) is 16.1. The number of benzene rings is 5. The molecule has 8 rings (SSSR count). The van der Waals surface area contributed by atoms with Gasteiger partial charge in [-0.2, -0.15) is 38.2 Å². The predicted molar refractivity (Wildman–Crippen MR) is 306 cm³/mol. The summed E-state index contributed by atoms with van der Waals surface area (Å²) < 4.78 is 192. The standard InChI is InChI=1S/C53H55N5O15S5.O3S/c1-7-23-57-44-19-16-39-32(2)26-37(76(65,66)67)27-41(39)49(44)52(3,4)47(57)21-12-34(43-18-11-35(31-54-43)51(59)55-30-33-9-14-36(15-10-33)56-74(60)61)13-22-48-53(5,6)50-42-28-38(77(68,69)70)29-46(78(71,72)73)40(42)17-20-45(50)58(48)24-8-25-75(62,63)64;1-4(2)3/h9-22,26-29,31,56H,7-8,23-25,30H2,1-6H3,(H5-,55,59,60,61,62,63,64,65,66,67,68,69,70,71,72,73);. The molecule has 29 heteroatoms. The Kier molecular flexibility index (Phi) is 18.2. The van der Waals surface area contributed by atoms with Crippen LogP contribution in [0.25, 0.3) is 27.1 Å². The monoisotopic (exact) mass is 1240 g/mol. The summed E-state index contributed by atoms with van der Waals surface area (Å²) in [5, 5.41) is 4.22. The van der Waals surface area contributed by atoms with Gasteiger partial charge in [0.2, 0.25) is 5.69 Å². The number of nitrogens with zero attached hydrogens (tertiary/aromatic N) is 3. The van der Waals surface area contributed by atoms with Crippen LogP contribution in [0, 0.1) is 6.92 Å². The number of hydrogen-bond donors (Lipinski definition) is 6. The number of nitrogens with one attached hydrogen (secondary N) is 2. The van der Waals surface area contributed by atoms with Crippen molar-refractivity contribution in [2.45, 2.75) is 86.4 Å². The second kappa shape index (κ2) is 23.8. The molecule has 0 fully saturated rings. The predicted octanol–water partition coefficient (Wildman–Crippen LogP) is 6.95. The Labute approximate surface area is 477 Å². The molecule has 2 aliphatic rings. The SMILES string of the molecule is CCC[N+]1=C(/C=C/C(=C/C=C2/N(CCCS(=O)(=O)O)c3ccc4c(S(=O)(=O)O)cc(S(=O)(=O)O)cc4c3C2(C)C)c2ccc(C(=O)NCc3ccc(NS(=O)[O-])cc3)cn2)C(C)(C)c2c1ccc1c(C)cc(S(=O)(=O)O)cc21.O=S(=O)=O. The van der Waals surface area contributed by atoms with E-state index in [2.05, 4.69) is 14.6 Å². The Hall–Kier alpha value is -6.90. The van der Waals surface area contributed by atoms with E-state index >= 15 is 0 Å². The molecule has 6 N–H and O–H groups in total. The van der Waals surface area contributed by atoms with Gasteiger partial charge in [-0.15, -0.1) is 12.6 Å². The van der Waals surface area contributed by atoms with Crippen molar-refractivity contribution in [1.29, 1.82) is 0 Å². The summed E-state index contributed by atoms with van der Waals surface area (Å²) in [5.74, 6) is -1.11. The number of fused-ring (bicyclic) bond motifs is 6. The van der Waals surface area contributed by atoms with E-state index in [4.69, 9.17) is 17.6 Å². The summed E-state index contributed by atoms with van der Waals surface area (Å²) in [4.78, 5) is 18.1. The zero-order valence-electron chi connectivity index (χ0n) is 44.5. The van der Waals surface area contributed by atoms with Gasteiger partial charge < -0.3 is 19.5 Å². The highest BCUT2D eigenvalue weighted by Crippen LogP contribution is 2.52. The number of carbonyl (C=O) groups excluding carboxylic acids is 1. The summed E-state index contributed by atoms with van der Waals surface area (Å²) >= 11 is -2.51. The largest absolute Gasteiger partial charge is 0.755 e. The number of aryl methyl sites for hydroxylation is 1. The van der Waals surface area contributed by atoms with Crippen LogP contribution in [0.15, 0.2) is 136 Å². The van der Waals surface area contributed by atoms with Gasteiger partial charge in [-0.1, -0.05) is 45.0 Å². The first kappa shape index (κ1) is 62.7. The van der Waals surface area contributed by atoms with E-state index in [1.807, 2.05) is 45.1 Å². The van der Waals surface area contributed by atoms with Crippen LogP contribution in [0.1, 0.15) is 85.8 Å². The van der Waals surface area contributed by atoms with Gasteiger partial charge in [-0.25, -0.2) is 0 Å². The fourth-order valence-corrected chi connectivity index (χ4v) is 13.2. The third-order valence-corrected chi connectivity index (χ3v) is 17.7. The van der Waals surface area contributed by atoms with Crippen molar-refractivity contribution in [3.63, 3.8) is 0 Å². The highest BCUT2D eigenvalue weighted by atomic mass is 32.2. The Morgan fingerprint density at radius 1 is 0.756 bits per heavy atom. The van der Waals surface area contributed by atoms with Crippen molar-refractivity contribution in [2.75, 3.05) is 28.5 Å². The van der Waals surface area contributed by atoms with Crippen LogP contribution in [-0.2, 0) is 79.7 Å². The number of rotatable bonds is 18. The maximum Gasteiger partial charge on any atom is 0.425 e. The second-order valence-corrected chi connectivity index (χ2v) is 27.0. The topological polar surface area (TPSA) is 369 Å². The first-order chi connectivity index (χ1) is 38.0. The molecule has 1 amide bonds. The molecule has 1 atom stereocenters. The molecular weight excluding hydrogens is 1190 g/mol. The molecule has 5 aromatic carbocycles. The number of allylic oxidation sites excluding steroid dienone is 6. The number of pyridine rings is 1. The van der Waals surface area contributed by atoms with Crippen molar-refractivity contribution < 1.29 is 82.6 Å². The lowest BCUT2D eigenvalue weighted by atomic mass is 9.78. The van der Waals surface area contributed by atoms with Gasteiger partial charge in [0, 0.05) is 88.1 Å². The molecule has 1 aromatic heterocycles. The maximum atomic E-state index is 13.5. The Morgan fingerprint density at radius 3 is 1.93 bits per heavy atom. The average molecular weight is 1240 g/mol. The Morgan fingerprint density at radius 2 is 1.37 bits per heavy atom. The van der Waals surface area contributed by atoms with Crippen LogP contribution in [0.4, 0.5) is 17.1 Å². The lowest BCUT2D eigenvalue weighted by molar-refractivity contribution is -0.437. The fourth-order valence-electron chi connectivity index (χ4n) is 10.4. The molecule has 436 valence electrons. The molecule has 1 unspecified atom stereocenters. The minimum Gasteiger partial charge on any atom is -0.755 e. The van der Waals surface area contributed by atoms with Crippen molar-refractivity contribution in [3.8, 4) is 0 Å². The summed E-state index contributed by atoms with van der Waals surface area (Å²) in [6.07, 6.45) is 9.14. The van der Waals surface area contributed by atoms with Crippen LogP contribution >= 0.6 is 0 Å². The van der Waals surface area contributed by atoms with Gasteiger partial charge in [-0.3, -0.25) is 32.2 Å². The molecule has 23 nitrogen and oxygen atoms in total. The molecule has 0 saturated heterocycles. The summed E-state index contributed by atoms with van der Waals surface area (Å²) in [7, 11) is -22.3. The number of anilines is 2. The molecule has 0 saturated carbocycles. The van der Waals surface area contributed by atoms with Crippen LogP contribution in [0.5, 0.6) is 0 Å². The zero-order chi connectivity index (χ0) is 60.7. The minimum absolute atomic E-state index is 0.0379. The quantitative estimate of drug-likeness (QED) is 0.0219. The van der Waals surface area contributed by atoms with E-state index in [9.17, 15) is 65.4 Å². The molecule has 82 heavy (non-hydrogen) atoms. The summed E-state index contributed by atoms with van der Waals surface area (Å²) in [5.41, 5.74) is 4.37. The van der Waals surface area contributed by atoms with Crippen molar-refractivity contribution >= 4 is 118 Å². The molecule has 6 aromatic rings. The smallest absolute Gasteiger partial charge is 0.425 e. The molecule has 2 aliphatic heterocycles. The van der Waals surface area contributed by atoms with Gasteiger partial charge in [0.25, 0.3) is 46.4 Å². The molecule has 0 aliphatic carbocycles. The highest BCUT2D eigenvalue weighted by molar-refractivity contribution is 7.87. The third kappa shape index (κ3) is 13.8. The molecule has 0 spiro atoms. The highest BCUT2D eigenvalue weighted by Gasteiger charge is 2.46. The number of carbonyl (C=O) groups is 1. The average Bonchev–Trinajstić information content (AvgIpc) is 4.00.